The molecule has 1 atom stereocenters. The molecule has 3 nitrogen and oxygen atoms in total. The van der Waals surface area contributed by atoms with E-state index in [2.05, 4.69) is 19.2 Å². The molecule has 0 saturated carbocycles. The van der Waals surface area contributed by atoms with E-state index in [1.165, 1.54) is 0 Å². The summed E-state index contributed by atoms with van der Waals surface area (Å²) in [6.07, 6.45) is 1.83. The van der Waals surface area contributed by atoms with Gasteiger partial charge in [0.2, 0.25) is 5.91 Å². The maximum absolute atomic E-state index is 13.4. The third-order valence-corrected chi connectivity index (χ3v) is 3.42. The molecule has 0 aliphatic rings. The van der Waals surface area contributed by atoms with Gasteiger partial charge in [-0.3, -0.25) is 4.79 Å². The highest BCUT2D eigenvalue weighted by molar-refractivity contribution is 5.90. The van der Waals surface area contributed by atoms with Crippen molar-refractivity contribution in [3.05, 3.63) is 29.8 Å². The summed E-state index contributed by atoms with van der Waals surface area (Å²) in [6, 6.07) is 2.99. The fourth-order valence-corrected chi connectivity index (χ4v) is 2.15. The van der Waals surface area contributed by atoms with Gasteiger partial charge in [-0.25, -0.2) is 8.78 Å². The summed E-state index contributed by atoms with van der Waals surface area (Å²) in [7, 11) is 0. The molecule has 0 bridgehead atoms. The maximum atomic E-state index is 13.4. The largest absolute Gasteiger partial charge is 0.330 e. The van der Waals surface area contributed by atoms with E-state index in [9.17, 15) is 13.6 Å². The number of halogens is 2. The zero-order valence-corrected chi connectivity index (χ0v) is 12.0. The third-order valence-electron chi connectivity index (χ3n) is 3.42. The van der Waals surface area contributed by atoms with Crippen molar-refractivity contribution in [1.82, 2.24) is 0 Å². The van der Waals surface area contributed by atoms with Gasteiger partial charge >= 0.3 is 0 Å². The molecule has 0 heterocycles. The van der Waals surface area contributed by atoms with Crippen LogP contribution in [0.3, 0.4) is 0 Å². The molecule has 0 fully saturated rings. The first-order valence-electron chi connectivity index (χ1n) is 6.89. The lowest BCUT2D eigenvalue weighted by atomic mass is 9.88. The molecule has 1 aromatic carbocycles. The molecule has 3 N–H and O–H groups in total. The van der Waals surface area contributed by atoms with Gasteiger partial charge in [0, 0.05) is 12.5 Å². The number of nitrogens with one attached hydrogen (secondary N) is 1. The number of hydrogen-bond acceptors (Lipinski definition) is 2. The Morgan fingerprint density at radius 3 is 2.60 bits per heavy atom. The van der Waals surface area contributed by atoms with Gasteiger partial charge in [0.25, 0.3) is 0 Å². The minimum absolute atomic E-state index is 0.116. The molecule has 1 unspecified atom stereocenters. The van der Waals surface area contributed by atoms with E-state index >= 15 is 0 Å². The summed E-state index contributed by atoms with van der Waals surface area (Å²) in [5, 5.41) is 2.40. The summed E-state index contributed by atoms with van der Waals surface area (Å²) in [5.41, 5.74) is 5.43. The van der Waals surface area contributed by atoms with Gasteiger partial charge in [-0.1, -0.05) is 13.8 Å². The Kier molecular flexibility index (Phi) is 6.58. The van der Waals surface area contributed by atoms with Crippen LogP contribution in [-0.4, -0.2) is 12.5 Å². The van der Waals surface area contributed by atoms with Gasteiger partial charge in [-0.2, -0.15) is 0 Å². The van der Waals surface area contributed by atoms with Crippen molar-refractivity contribution in [2.24, 2.45) is 17.6 Å². The first-order valence-corrected chi connectivity index (χ1v) is 6.89. The van der Waals surface area contributed by atoms with E-state index in [1.807, 2.05) is 0 Å². The molecule has 20 heavy (non-hydrogen) atoms. The average Bonchev–Trinajstić information content (AvgIpc) is 2.38. The quantitative estimate of drug-likeness (QED) is 0.807. The highest BCUT2D eigenvalue weighted by Gasteiger charge is 2.15. The van der Waals surface area contributed by atoms with Crippen molar-refractivity contribution in [2.75, 3.05) is 11.9 Å². The zero-order valence-electron chi connectivity index (χ0n) is 12.0. The predicted octanol–water partition coefficient (Wildman–Crippen LogP) is 3.30. The minimum atomic E-state index is -0.637. The number of rotatable bonds is 7. The van der Waals surface area contributed by atoms with Crippen LogP contribution < -0.4 is 11.1 Å². The van der Waals surface area contributed by atoms with Crippen LogP contribution in [0, 0.1) is 23.5 Å². The van der Waals surface area contributed by atoms with Crippen molar-refractivity contribution in [2.45, 2.75) is 33.1 Å². The van der Waals surface area contributed by atoms with Crippen molar-refractivity contribution < 1.29 is 13.6 Å². The molecular formula is C15H22F2N2O. The van der Waals surface area contributed by atoms with E-state index in [0.29, 0.717) is 24.8 Å². The fraction of sp³-hybridized carbons (Fsp3) is 0.533. The summed E-state index contributed by atoms with van der Waals surface area (Å²) in [4.78, 5) is 11.8. The van der Waals surface area contributed by atoms with E-state index in [0.717, 1.165) is 24.6 Å². The second-order valence-corrected chi connectivity index (χ2v) is 5.29. The Labute approximate surface area is 118 Å². The SMILES string of the molecule is CC(C)C(CCN)CCC(=O)Nc1cc(F)ccc1F. The first-order chi connectivity index (χ1) is 9.43. The number of carbonyl (C=O) groups is 1. The number of nitrogens with two attached hydrogens (primary N) is 1. The zero-order chi connectivity index (χ0) is 15.1. The lowest BCUT2D eigenvalue weighted by Gasteiger charge is -2.19. The van der Waals surface area contributed by atoms with Crippen molar-refractivity contribution in [1.29, 1.82) is 0 Å². The molecule has 112 valence electrons. The normalized spacial score (nSPS) is 12.5. The molecule has 1 amide bonds. The molecule has 5 heteroatoms. The summed E-state index contributed by atoms with van der Waals surface area (Å²) in [5.74, 6) is -0.718. The Hall–Kier alpha value is -1.49. The smallest absolute Gasteiger partial charge is 0.224 e. The van der Waals surface area contributed by atoms with Crippen molar-refractivity contribution >= 4 is 11.6 Å². The van der Waals surface area contributed by atoms with Crippen LogP contribution in [0.25, 0.3) is 0 Å². The Morgan fingerprint density at radius 1 is 1.30 bits per heavy atom. The highest BCUT2D eigenvalue weighted by Crippen LogP contribution is 2.21. The average molecular weight is 284 g/mol. The molecule has 0 radical (unpaired) electrons. The van der Waals surface area contributed by atoms with Crippen LogP contribution in [0.5, 0.6) is 0 Å². The van der Waals surface area contributed by atoms with E-state index in [1.54, 1.807) is 0 Å². The second kappa shape index (κ2) is 7.94. The number of hydrogen-bond donors (Lipinski definition) is 2. The number of benzene rings is 1. The Bertz CT molecular complexity index is 449. The van der Waals surface area contributed by atoms with Gasteiger partial charge in [0.05, 0.1) is 5.69 Å². The summed E-state index contributed by atoms with van der Waals surface area (Å²) in [6.45, 7) is 4.76. The molecule has 1 rings (SSSR count). The third kappa shape index (κ3) is 5.25. The summed E-state index contributed by atoms with van der Waals surface area (Å²) < 4.78 is 26.4. The molecule has 0 aliphatic carbocycles. The van der Waals surface area contributed by atoms with Crippen LogP contribution in [0.1, 0.15) is 33.1 Å². The van der Waals surface area contributed by atoms with Crippen LogP contribution in [0.4, 0.5) is 14.5 Å². The molecule has 1 aromatic rings. The molecule has 0 aromatic heterocycles. The van der Waals surface area contributed by atoms with Gasteiger partial charge in [-0.05, 0) is 43.4 Å². The lowest BCUT2D eigenvalue weighted by Crippen LogP contribution is -2.18. The van der Waals surface area contributed by atoms with Gasteiger partial charge < -0.3 is 11.1 Å². The number of carbonyl (C=O) groups excluding carboxylic acids is 1. The van der Waals surface area contributed by atoms with Gasteiger partial charge in [-0.15, -0.1) is 0 Å². The Balaban J connectivity index is 2.53. The lowest BCUT2D eigenvalue weighted by molar-refractivity contribution is -0.116. The molecule has 0 saturated heterocycles. The number of amides is 1. The van der Waals surface area contributed by atoms with Crippen LogP contribution in [0.15, 0.2) is 18.2 Å². The second-order valence-electron chi connectivity index (χ2n) is 5.29. The van der Waals surface area contributed by atoms with Crippen LogP contribution in [0.2, 0.25) is 0 Å². The van der Waals surface area contributed by atoms with Gasteiger partial charge in [0.15, 0.2) is 0 Å². The standard InChI is InChI=1S/C15H22F2N2O/c1-10(2)11(7-8-18)3-6-15(20)19-14-9-12(16)4-5-13(14)17/h4-5,9-11H,3,6-8,18H2,1-2H3,(H,19,20). The topological polar surface area (TPSA) is 55.1 Å². The fourth-order valence-electron chi connectivity index (χ4n) is 2.15. The highest BCUT2D eigenvalue weighted by atomic mass is 19.1. The van der Waals surface area contributed by atoms with E-state index in [-0.39, 0.29) is 18.0 Å². The van der Waals surface area contributed by atoms with Crippen LogP contribution in [-0.2, 0) is 4.79 Å². The monoisotopic (exact) mass is 284 g/mol. The molecular weight excluding hydrogens is 262 g/mol. The number of anilines is 1. The predicted molar refractivity (Wildman–Crippen MR) is 76.2 cm³/mol. The molecule has 0 spiro atoms. The Morgan fingerprint density at radius 2 is 2.00 bits per heavy atom. The minimum Gasteiger partial charge on any atom is -0.330 e. The summed E-state index contributed by atoms with van der Waals surface area (Å²) >= 11 is 0. The molecule has 0 aliphatic heterocycles. The van der Waals surface area contributed by atoms with Gasteiger partial charge in [0.1, 0.15) is 11.6 Å². The van der Waals surface area contributed by atoms with Crippen molar-refractivity contribution in [3.8, 4) is 0 Å². The van der Waals surface area contributed by atoms with Crippen LogP contribution >= 0.6 is 0 Å². The van der Waals surface area contributed by atoms with E-state index in [4.69, 9.17) is 5.73 Å². The van der Waals surface area contributed by atoms with E-state index < -0.39 is 11.6 Å². The van der Waals surface area contributed by atoms with Crippen molar-refractivity contribution in [3.63, 3.8) is 0 Å². The first kappa shape index (κ1) is 16.6. The maximum Gasteiger partial charge on any atom is 0.224 e.